The first kappa shape index (κ1) is 18.2. The molecule has 0 spiro atoms. The number of piperidine rings is 1. The average Bonchev–Trinajstić information content (AvgIpc) is 2.63. The molecule has 1 aromatic rings. The predicted octanol–water partition coefficient (Wildman–Crippen LogP) is 2.99. The van der Waals surface area contributed by atoms with Crippen LogP contribution >= 0.6 is 0 Å². The van der Waals surface area contributed by atoms with Gasteiger partial charge in [-0.2, -0.15) is 0 Å². The van der Waals surface area contributed by atoms with Crippen LogP contribution in [-0.4, -0.2) is 47.4 Å². The summed E-state index contributed by atoms with van der Waals surface area (Å²) in [6, 6.07) is 8.56. The number of nitrogens with zero attached hydrogens (tertiary/aromatic N) is 1. The zero-order chi connectivity index (χ0) is 17.6. The van der Waals surface area contributed by atoms with Gasteiger partial charge < -0.3 is 20.1 Å². The van der Waals surface area contributed by atoms with E-state index in [1.54, 1.807) is 0 Å². The molecule has 0 unspecified atom stereocenters. The molecular weight excluding hydrogens is 316 g/mol. The fourth-order valence-corrected chi connectivity index (χ4v) is 3.69. The van der Waals surface area contributed by atoms with Crippen molar-refractivity contribution in [3.8, 4) is 0 Å². The van der Waals surface area contributed by atoms with Gasteiger partial charge in [0.25, 0.3) is 0 Å². The molecule has 1 aliphatic heterocycles. The van der Waals surface area contributed by atoms with Crippen LogP contribution in [0.5, 0.6) is 0 Å². The minimum atomic E-state index is -0.186. The van der Waals surface area contributed by atoms with Gasteiger partial charge in [0.2, 0.25) is 0 Å². The van der Waals surface area contributed by atoms with E-state index in [1.165, 1.54) is 11.1 Å². The van der Waals surface area contributed by atoms with E-state index >= 15 is 0 Å². The molecule has 1 aliphatic carbocycles. The number of carbonyl (C=O) groups excluding carboxylic acids is 1. The van der Waals surface area contributed by atoms with Crippen LogP contribution in [0.4, 0.5) is 4.79 Å². The lowest BCUT2D eigenvalue weighted by molar-refractivity contribution is 0.00387. The van der Waals surface area contributed by atoms with Crippen molar-refractivity contribution in [2.75, 3.05) is 13.1 Å². The van der Waals surface area contributed by atoms with Gasteiger partial charge in [0.1, 0.15) is 0 Å². The van der Waals surface area contributed by atoms with Gasteiger partial charge in [0.15, 0.2) is 0 Å². The number of urea groups is 1. The van der Waals surface area contributed by atoms with E-state index in [9.17, 15) is 9.90 Å². The summed E-state index contributed by atoms with van der Waals surface area (Å²) in [7, 11) is 0. The van der Waals surface area contributed by atoms with E-state index in [-0.39, 0.29) is 24.3 Å². The minimum Gasteiger partial charge on any atom is -0.393 e. The smallest absolute Gasteiger partial charge is 0.317 e. The van der Waals surface area contributed by atoms with Crippen molar-refractivity contribution < 1.29 is 14.6 Å². The van der Waals surface area contributed by atoms with Gasteiger partial charge in [0.05, 0.1) is 18.8 Å². The molecule has 1 heterocycles. The van der Waals surface area contributed by atoms with E-state index in [0.717, 1.165) is 51.6 Å². The molecule has 2 amide bonds. The molecule has 1 saturated carbocycles. The van der Waals surface area contributed by atoms with Gasteiger partial charge >= 0.3 is 6.03 Å². The van der Waals surface area contributed by atoms with Crippen molar-refractivity contribution >= 4 is 6.03 Å². The summed E-state index contributed by atoms with van der Waals surface area (Å²) in [5, 5.41) is 12.7. The number of benzene rings is 1. The van der Waals surface area contributed by atoms with E-state index in [2.05, 4.69) is 24.4 Å². The van der Waals surface area contributed by atoms with Gasteiger partial charge in [0, 0.05) is 19.1 Å². The van der Waals surface area contributed by atoms with E-state index < -0.39 is 0 Å². The molecule has 3 rings (SSSR count). The van der Waals surface area contributed by atoms with Crippen LogP contribution < -0.4 is 5.32 Å². The second-order valence-corrected chi connectivity index (χ2v) is 7.38. The maximum atomic E-state index is 12.4. The Kier molecular flexibility index (Phi) is 6.32. The van der Waals surface area contributed by atoms with Crippen LogP contribution in [0.1, 0.15) is 49.7 Å². The fourth-order valence-electron chi connectivity index (χ4n) is 3.69. The highest BCUT2D eigenvalue weighted by atomic mass is 16.5. The lowest BCUT2D eigenvalue weighted by atomic mass is 9.93. The third-order valence-corrected chi connectivity index (χ3v) is 5.49. The molecular formula is C20H30N2O3. The molecule has 25 heavy (non-hydrogen) atoms. The van der Waals surface area contributed by atoms with Gasteiger partial charge in [-0.05, 0) is 56.6 Å². The Labute approximate surface area is 150 Å². The third-order valence-electron chi connectivity index (χ3n) is 5.49. The number of rotatable bonds is 4. The number of aryl methyl sites for hydroxylation is 1. The van der Waals surface area contributed by atoms with Crippen molar-refractivity contribution in [3.05, 3.63) is 35.4 Å². The first-order valence-corrected chi connectivity index (χ1v) is 9.51. The molecule has 2 aliphatic rings. The van der Waals surface area contributed by atoms with Crippen LogP contribution in [0.2, 0.25) is 0 Å². The maximum absolute atomic E-state index is 12.4. The number of ether oxygens (including phenoxy) is 1. The lowest BCUT2D eigenvalue weighted by Crippen LogP contribution is -2.49. The zero-order valence-electron chi connectivity index (χ0n) is 15.1. The van der Waals surface area contributed by atoms with Gasteiger partial charge in [-0.1, -0.05) is 24.3 Å². The van der Waals surface area contributed by atoms with E-state index in [1.807, 2.05) is 17.0 Å². The zero-order valence-corrected chi connectivity index (χ0v) is 15.1. The molecule has 1 aromatic carbocycles. The second-order valence-electron chi connectivity index (χ2n) is 7.38. The molecule has 0 atom stereocenters. The van der Waals surface area contributed by atoms with Crippen molar-refractivity contribution in [1.29, 1.82) is 0 Å². The van der Waals surface area contributed by atoms with Crippen LogP contribution in [0.25, 0.3) is 0 Å². The summed E-state index contributed by atoms with van der Waals surface area (Å²) >= 11 is 0. The molecule has 0 radical (unpaired) electrons. The molecule has 1 saturated heterocycles. The topological polar surface area (TPSA) is 61.8 Å². The van der Waals surface area contributed by atoms with Gasteiger partial charge in [-0.25, -0.2) is 4.79 Å². The average molecular weight is 346 g/mol. The number of likely N-dealkylation sites (tertiary alicyclic amines) is 1. The monoisotopic (exact) mass is 346 g/mol. The Morgan fingerprint density at radius 2 is 1.84 bits per heavy atom. The summed E-state index contributed by atoms with van der Waals surface area (Å²) in [6.07, 6.45) is 5.17. The maximum Gasteiger partial charge on any atom is 0.317 e. The lowest BCUT2D eigenvalue weighted by Gasteiger charge is -2.34. The number of nitrogens with one attached hydrogen (secondary N) is 1. The molecule has 0 bridgehead atoms. The normalized spacial score (nSPS) is 25.0. The highest BCUT2D eigenvalue weighted by Gasteiger charge is 2.26. The molecule has 0 aromatic heterocycles. The Balaban J connectivity index is 1.38. The van der Waals surface area contributed by atoms with Crippen molar-refractivity contribution in [1.82, 2.24) is 10.2 Å². The van der Waals surface area contributed by atoms with Crippen LogP contribution in [0.3, 0.4) is 0 Å². The SMILES string of the molecule is Cc1ccccc1COC1CCN(C(=O)NC2CCC(O)CC2)CC1. The first-order valence-electron chi connectivity index (χ1n) is 9.51. The first-order chi connectivity index (χ1) is 12.1. The van der Waals surface area contributed by atoms with Gasteiger partial charge in [-0.15, -0.1) is 0 Å². The highest BCUT2D eigenvalue weighted by Crippen LogP contribution is 2.20. The molecule has 5 heteroatoms. The quantitative estimate of drug-likeness (QED) is 0.881. The number of hydrogen-bond acceptors (Lipinski definition) is 3. The number of aliphatic hydroxyl groups is 1. The molecule has 138 valence electrons. The summed E-state index contributed by atoms with van der Waals surface area (Å²) in [4.78, 5) is 14.3. The van der Waals surface area contributed by atoms with Crippen LogP contribution in [-0.2, 0) is 11.3 Å². The number of hydrogen-bond donors (Lipinski definition) is 2. The van der Waals surface area contributed by atoms with Crippen molar-refractivity contribution in [2.24, 2.45) is 0 Å². The number of aliphatic hydroxyl groups excluding tert-OH is 1. The van der Waals surface area contributed by atoms with Gasteiger partial charge in [-0.3, -0.25) is 0 Å². The van der Waals surface area contributed by atoms with Crippen LogP contribution in [0.15, 0.2) is 24.3 Å². The largest absolute Gasteiger partial charge is 0.393 e. The predicted molar refractivity (Wildman–Crippen MR) is 97.4 cm³/mol. The molecule has 2 N–H and O–H groups in total. The van der Waals surface area contributed by atoms with E-state index in [0.29, 0.717) is 6.61 Å². The Morgan fingerprint density at radius 1 is 1.16 bits per heavy atom. The highest BCUT2D eigenvalue weighted by molar-refractivity contribution is 5.74. The Bertz CT molecular complexity index is 562. The fraction of sp³-hybridized carbons (Fsp3) is 0.650. The number of carbonyl (C=O) groups is 1. The molecule has 5 nitrogen and oxygen atoms in total. The number of amides is 2. The standard InChI is InChI=1S/C20H30N2O3/c1-15-4-2-3-5-16(15)14-25-19-10-12-22(13-11-19)20(24)21-17-6-8-18(23)9-7-17/h2-5,17-19,23H,6-14H2,1H3,(H,21,24). The Morgan fingerprint density at radius 3 is 2.52 bits per heavy atom. The van der Waals surface area contributed by atoms with Crippen molar-refractivity contribution in [2.45, 2.75) is 70.3 Å². The minimum absolute atomic E-state index is 0.0405. The third kappa shape index (κ3) is 5.19. The summed E-state index contributed by atoms with van der Waals surface area (Å²) < 4.78 is 6.05. The Hall–Kier alpha value is -1.59. The molecule has 2 fully saturated rings. The van der Waals surface area contributed by atoms with E-state index in [4.69, 9.17) is 4.74 Å². The second kappa shape index (κ2) is 8.68. The van der Waals surface area contributed by atoms with Crippen LogP contribution in [0, 0.1) is 6.92 Å². The summed E-state index contributed by atoms with van der Waals surface area (Å²) in [5.74, 6) is 0. The van der Waals surface area contributed by atoms with Crippen molar-refractivity contribution in [3.63, 3.8) is 0 Å². The summed E-state index contributed by atoms with van der Waals surface area (Å²) in [6.45, 7) is 4.25. The summed E-state index contributed by atoms with van der Waals surface area (Å²) in [5.41, 5.74) is 2.50.